The lowest BCUT2D eigenvalue weighted by Crippen LogP contribution is -2.40. The van der Waals surface area contributed by atoms with Crippen LogP contribution in [0.2, 0.25) is 0 Å². The molecular formula is C17H24N2O. The van der Waals surface area contributed by atoms with Gasteiger partial charge in [0.1, 0.15) is 6.17 Å². The largest absolute Gasteiger partial charge is 0.319 e. The van der Waals surface area contributed by atoms with Crippen molar-refractivity contribution in [2.45, 2.75) is 51.9 Å². The van der Waals surface area contributed by atoms with Gasteiger partial charge in [-0.3, -0.25) is 10.1 Å². The van der Waals surface area contributed by atoms with Gasteiger partial charge in [-0.2, -0.15) is 0 Å². The summed E-state index contributed by atoms with van der Waals surface area (Å²) in [5.74, 6) is 1.29. The number of benzene rings is 1. The maximum atomic E-state index is 12.8. The molecule has 3 nitrogen and oxygen atoms in total. The van der Waals surface area contributed by atoms with E-state index in [0.29, 0.717) is 17.9 Å². The number of carbonyl (C=O) groups excluding carboxylic acids is 1. The lowest BCUT2D eigenvalue weighted by atomic mass is 10.0. The van der Waals surface area contributed by atoms with Gasteiger partial charge >= 0.3 is 0 Å². The van der Waals surface area contributed by atoms with E-state index in [9.17, 15) is 4.79 Å². The Balaban J connectivity index is 1.91. The highest BCUT2D eigenvalue weighted by Crippen LogP contribution is 2.40. The fourth-order valence-corrected chi connectivity index (χ4v) is 3.22. The highest BCUT2D eigenvalue weighted by Gasteiger charge is 2.46. The van der Waals surface area contributed by atoms with E-state index in [-0.39, 0.29) is 18.1 Å². The minimum Gasteiger partial charge on any atom is -0.319 e. The Labute approximate surface area is 121 Å². The third-order valence-electron chi connectivity index (χ3n) is 4.66. The van der Waals surface area contributed by atoms with Crippen molar-refractivity contribution in [2.75, 3.05) is 0 Å². The van der Waals surface area contributed by atoms with E-state index in [0.717, 1.165) is 0 Å². The van der Waals surface area contributed by atoms with Crippen molar-refractivity contribution < 1.29 is 4.79 Å². The normalized spacial score (nSPS) is 28.2. The molecule has 2 fully saturated rings. The van der Waals surface area contributed by atoms with Crippen molar-refractivity contribution in [1.82, 2.24) is 10.2 Å². The van der Waals surface area contributed by atoms with Gasteiger partial charge in [0.2, 0.25) is 5.91 Å². The van der Waals surface area contributed by atoms with Crippen molar-refractivity contribution in [2.24, 2.45) is 11.8 Å². The van der Waals surface area contributed by atoms with E-state index in [1.165, 1.54) is 18.4 Å². The standard InChI is InChI=1S/C17H24N2O/c1-11(2)15-17(20)19(12(3)13-9-10-13)16(18-15)14-7-5-4-6-8-14/h4-8,11-13,15-16,18H,9-10H2,1-3H3. The molecule has 0 radical (unpaired) electrons. The van der Waals surface area contributed by atoms with Crippen LogP contribution in [0, 0.1) is 11.8 Å². The summed E-state index contributed by atoms with van der Waals surface area (Å²) in [6.45, 7) is 6.43. The van der Waals surface area contributed by atoms with E-state index >= 15 is 0 Å². The van der Waals surface area contributed by atoms with Gasteiger partial charge in [-0.1, -0.05) is 44.2 Å². The Kier molecular flexibility index (Phi) is 3.55. The first-order valence-corrected chi connectivity index (χ1v) is 7.72. The Bertz CT molecular complexity index is 481. The minimum absolute atomic E-state index is 0.0340. The molecule has 1 N–H and O–H groups in total. The molecule has 108 valence electrons. The highest BCUT2D eigenvalue weighted by molar-refractivity contribution is 5.85. The number of hydrogen-bond donors (Lipinski definition) is 1. The number of amides is 1. The number of hydrogen-bond acceptors (Lipinski definition) is 2. The van der Waals surface area contributed by atoms with Crippen LogP contribution in [0.3, 0.4) is 0 Å². The van der Waals surface area contributed by atoms with Crippen LogP contribution in [-0.2, 0) is 4.79 Å². The van der Waals surface area contributed by atoms with Crippen LogP contribution in [0.4, 0.5) is 0 Å². The summed E-state index contributed by atoms with van der Waals surface area (Å²) >= 11 is 0. The third kappa shape index (κ3) is 2.35. The molecule has 1 amide bonds. The van der Waals surface area contributed by atoms with Crippen molar-refractivity contribution >= 4 is 5.91 Å². The predicted molar refractivity (Wildman–Crippen MR) is 80.0 cm³/mol. The van der Waals surface area contributed by atoms with Gasteiger partial charge in [-0.15, -0.1) is 0 Å². The monoisotopic (exact) mass is 272 g/mol. The molecule has 20 heavy (non-hydrogen) atoms. The highest BCUT2D eigenvalue weighted by atomic mass is 16.2. The second-order valence-electron chi connectivity index (χ2n) is 6.53. The lowest BCUT2D eigenvalue weighted by molar-refractivity contribution is -0.133. The van der Waals surface area contributed by atoms with Crippen LogP contribution in [0.15, 0.2) is 30.3 Å². The summed E-state index contributed by atoms with van der Waals surface area (Å²) < 4.78 is 0. The van der Waals surface area contributed by atoms with Gasteiger partial charge in [0.15, 0.2) is 0 Å². The van der Waals surface area contributed by atoms with E-state index in [2.05, 4.69) is 43.1 Å². The van der Waals surface area contributed by atoms with Gasteiger partial charge in [0.25, 0.3) is 0 Å². The summed E-state index contributed by atoms with van der Waals surface area (Å²) in [6.07, 6.45) is 2.56. The van der Waals surface area contributed by atoms with Gasteiger partial charge in [-0.05, 0) is 37.2 Å². The summed E-state index contributed by atoms with van der Waals surface area (Å²) in [4.78, 5) is 14.9. The molecule has 1 aromatic carbocycles. The van der Waals surface area contributed by atoms with E-state index in [4.69, 9.17) is 0 Å². The zero-order valence-electron chi connectivity index (χ0n) is 12.5. The molecule has 0 bridgehead atoms. The molecule has 0 aromatic heterocycles. The Morgan fingerprint density at radius 2 is 1.80 bits per heavy atom. The van der Waals surface area contributed by atoms with Crippen molar-refractivity contribution in [1.29, 1.82) is 0 Å². The van der Waals surface area contributed by atoms with E-state index in [1.54, 1.807) is 0 Å². The number of rotatable bonds is 4. The Morgan fingerprint density at radius 3 is 2.35 bits per heavy atom. The van der Waals surface area contributed by atoms with Gasteiger partial charge in [-0.25, -0.2) is 0 Å². The molecule has 3 unspecified atom stereocenters. The maximum absolute atomic E-state index is 12.8. The number of nitrogens with zero attached hydrogens (tertiary/aromatic N) is 1. The predicted octanol–water partition coefficient (Wildman–Crippen LogP) is 2.94. The van der Waals surface area contributed by atoms with Crippen LogP contribution in [0.25, 0.3) is 0 Å². The first-order valence-electron chi connectivity index (χ1n) is 7.72. The maximum Gasteiger partial charge on any atom is 0.241 e. The second kappa shape index (κ2) is 5.21. The molecule has 3 atom stereocenters. The zero-order chi connectivity index (χ0) is 14.3. The van der Waals surface area contributed by atoms with Crippen LogP contribution >= 0.6 is 0 Å². The van der Waals surface area contributed by atoms with Crippen LogP contribution in [0.1, 0.15) is 45.3 Å². The molecule has 1 saturated carbocycles. The van der Waals surface area contributed by atoms with Crippen molar-refractivity contribution in [3.8, 4) is 0 Å². The fraction of sp³-hybridized carbons (Fsp3) is 0.588. The molecule has 1 aromatic rings. The van der Waals surface area contributed by atoms with Crippen LogP contribution in [-0.4, -0.2) is 22.9 Å². The molecule has 3 heteroatoms. The average molecular weight is 272 g/mol. The molecule has 2 aliphatic rings. The first-order chi connectivity index (χ1) is 9.59. The summed E-state index contributed by atoms with van der Waals surface area (Å²) in [6, 6.07) is 10.6. The zero-order valence-corrected chi connectivity index (χ0v) is 12.5. The molecule has 0 spiro atoms. The summed E-state index contributed by atoms with van der Waals surface area (Å²) in [7, 11) is 0. The van der Waals surface area contributed by atoms with E-state index in [1.807, 2.05) is 18.2 Å². The van der Waals surface area contributed by atoms with Crippen LogP contribution in [0.5, 0.6) is 0 Å². The topological polar surface area (TPSA) is 32.3 Å². The third-order valence-corrected chi connectivity index (χ3v) is 4.66. The lowest BCUT2D eigenvalue weighted by Gasteiger charge is -2.30. The summed E-state index contributed by atoms with van der Waals surface area (Å²) in [5, 5.41) is 3.55. The molecule has 1 aliphatic heterocycles. The molecule has 1 saturated heterocycles. The van der Waals surface area contributed by atoms with Gasteiger partial charge in [0, 0.05) is 6.04 Å². The minimum atomic E-state index is -0.0543. The number of carbonyl (C=O) groups is 1. The first kappa shape index (κ1) is 13.6. The molecule has 1 aliphatic carbocycles. The summed E-state index contributed by atoms with van der Waals surface area (Å²) in [5.41, 5.74) is 1.19. The van der Waals surface area contributed by atoms with Gasteiger partial charge < -0.3 is 4.90 Å². The Hall–Kier alpha value is -1.35. The van der Waals surface area contributed by atoms with E-state index < -0.39 is 0 Å². The molecule has 3 rings (SSSR count). The fourth-order valence-electron chi connectivity index (χ4n) is 3.22. The average Bonchev–Trinajstić information content (AvgIpc) is 3.22. The van der Waals surface area contributed by atoms with Crippen molar-refractivity contribution in [3.63, 3.8) is 0 Å². The van der Waals surface area contributed by atoms with Crippen molar-refractivity contribution in [3.05, 3.63) is 35.9 Å². The molecular weight excluding hydrogens is 248 g/mol. The quantitative estimate of drug-likeness (QED) is 0.914. The Morgan fingerprint density at radius 1 is 1.15 bits per heavy atom. The van der Waals surface area contributed by atoms with Gasteiger partial charge in [0.05, 0.1) is 6.04 Å². The smallest absolute Gasteiger partial charge is 0.241 e. The second-order valence-corrected chi connectivity index (χ2v) is 6.53. The van der Waals surface area contributed by atoms with Crippen LogP contribution < -0.4 is 5.32 Å². The SMILES string of the molecule is CC(C)C1NC(c2ccccc2)N(C(C)C2CC2)C1=O. The number of nitrogens with one attached hydrogen (secondary N) is 1. The molecule has 1 heterocycles.